The highest BCUT2D eigenvalue weighted by Gasteiger charge is 2.07. The molecule has 116 valence electrons. The summed E-state index contributed by atoms with van der Waals surface area (Å²) in [5.74, 6) is 2.50. The second-order valence-corrected chi connectivity index (χ2v) is 5.23. The molecule has 0 saturated carbocycles. The number of methoxy groups -OCH3 is 1. The van der Waals surface area contributed by atoms with Crippen molar-refractivity contribution in [3.63, 3.8) is 0 Å². The number of hydrogen-bond donors (Lipinski definition) is 1. The minimum Gasteiger partial charge on any atom is -0.497 e. The first-order valence-corrected chi connectivity index (χ1v) is 7.30. The fraction of sp³-hybridized carbons (Fsp3) is 0.235. The molecule has 0 spiro atoms. The predicted molar refractivity (Wildman–Crippen MR) is 88.6 cm³/mol. The molecule has 0 fully saturated rings. The van der Waals surface area contributed by atoms with E-state index in [1.807, 2.05) is 42.3 Å². The van der Waals surface area contributed by atoms with Gasteiger partial charge in [-0.05, 0) is 24.3 Å². The van der Waals surface area contributed by atoms with Crippen molar-refractivity contribution >= 4 is 16.9 Å². The van der Waals surface area contributed by atoms with E-state index in [9.17, 15) is 0 Å². The van der Waals surface area contributed by atoms with Crippen molar-refractivity contribution in [1.82, 2.24) is 15.0 Å². The number of H-pyrrole nitrogens is 1. The topological polar surface area (TPSA) is 77.8 Å². The minimum absolute atomic E-state index is 0.421. The van der Waals surface area contributed by atoms with Crippen molar-refractivity contribution in [2.75, 3.05) is 25.6 Å². The molecule has 3 rings (SSSR count). The summed E-state index contributed by atoms with van der Waals surface area (Å²) in [5, 5.41) is 8.92. The molecule has 3 aromatic rings. The van der Waals surface area contributed by atoms with Gasteiger partial charge in [-0.15, -0.1) is 0 Å². The van der Waals surface area contributed by atoms with E-state index in [-0.39, 0.29) is 0 Å². The maximum Gasteiger partial charge on any atom is 0.142 e. The van der Waals surface area contributed by atoms with Crippen LogP contribution < -0.4 is 9.64 Å². The van der Waals surface area contributed by atoms with E-state index in [1.165, 1.54) is 0 Å². The van der Waals surface area contributed by atoms with Crippen LogP contribution >= 0.6 is 0 Å². The third-order valence-corrected chi connectivity index (χ3v) is 3.66. The van der Waals surface area contributed by atoms with Crippen molar-refractivity contribution in [1.29, 1.82) is 5.26 Å². The van der Waals surface area contributed by atoms with Gasteiger partial charge < -0.3 is 14.6 Å². The Bertz CT molecular complexity index is 865. The van der Waals surface area contributed by atoms with Crippen LogP contribution in [0.3, 0.4) is 0 Å². The van der Waals surface area contributed by atoms with Gasteiger partial charge in [0.05, 0.1) is 18.1 Å². The highest BCUT2D eigenvalue weighted by Crippen LogP contribution is 2.19. The molecule has 0 unspecified atom stereocenters. The molecule has 0 aliphatic rings. The van der Waals surface area contributed by atoms with Crippen LogP contribution in [0.15, 0.2) is 36.4 Å². The standard InChI is InChI=1S/C17H17N5O/c1-22(17-5-3-4-12(11-18)19-17)9-8-16-20-14-7-6-13(23-2)10-15(14)21-16/h3-7,10H,8-9H2,1-2H3,(H,20,21). The van der Waals surface area contributed by atoms with Crippen molar-refractivity contribution < 1.29 is 4.74 Å². The Kier molecular flexibility index (Phi) is 4.11. The molecule has 6 nitrogen and oxygen atoms in total. The SMILES string of the molecule is COc1ccc2nc(CCN(C)c3cccc(C#N)n3)[nH]c2c1. The van der Waals surface area contributed by atoms with Crippen LogP contribution in [0.2, 0.25) is 0 Å². The van der Waals surface area contributed by atoms with Crippen molar-refractivity contribution in [3.05, 3.63) is 47.9 Å². The molecule has 0 aliphatic heterocycles. The number of aromatic amines is 1. The van der Waals surface area contributed by atoms with Gasteiger partial charge in [0, 0.05) is 26.1 Å². The Labute approximate surface area is 134 Å². The van der Waals surface area contributed by atoms with Crippen molar-refractivity contribution in [2.45, 2.75) is 6.42 Å². The number of likely N-dealkylation sites (N-methyl/N-ethyl adjacent to an activating group) is 1. The minimum atomic E-state index is 0.421. The largest absolute Gasteiger partial charge is 0.497 e. The molecule has 2 heterocycles. The molecule has 0 aliphatic carbocycles. The molecule has 0 bridgehead atoms. The smallest absolute Gasteiger partial charge is 0.142 e. The van der Waals surface area contributed by atoms with E-state index in [1.54, 1.807) is 13.2 Å². The van der Waals surface area contributed by atoms with Gasteiger partial charge in [0.25, 0.3) is 0 Å². The number of fused-ring (bicyclic) bond motifs is 1. The van der Waals surface area contributed by atoms with Gasteiger partial charge in [0.1, 0.15) is 29.2 Å². The number of nitrogens with zero attached hydrogens (tertiary/aromatic N) is 4. The number of imidazole rings is 1. The normalized spacial score (nSPS) is 10.5. The molecule has 2 aromatic heterocycles. The van der Waals surface area contributed by atoms with E-state index in [0.717, 1.165) is 41.4 Å². The predicted octanol–water partition coefficient (Wildman–Crippen LogP) is 2.52. The van der Waals surface area contributed by atoms with Crippen LogP contribution in [0, 0.1) is 11.3 Å². The lowest BCUT2D eigenvalue weighted by Crippen LogP contribution is -2.21. The molecule has 0 saturated heterocycles. The Morgan fingerprint density at radius 1 is 1.26 bits per heavy atom. The molecule has 0 atom stereocenters. The van der Waals surface area contributed by atoms with E-state index in [2.05, 4.69) is 21.0 Å². The molecule has 0 amide bonds. The number of anilines is 1. The third kappa shape index (κ3) is 3.24. The van der Waals surface area contributed by atoms with Gasteiger partial charge >= 0.3 is 0 Å². The number of nitrogens with one attached hydrogen (secondary N) is 1. The van der Waals surface area contributed by atoms with Crippen LogP contribution in [0.25, 0.3) is 11.0 Å². The second-order valence-electron chi connectivity index (χ2n) is 5.23. The first kappa shape index (κ1) is 14.9. The fourth-order valence-corrected chi connectivity index (χ4v) is 2.37. The lowest BCUT2D eigenvalue weighted by molar-refractivity contribution is 0.415. The summed E-state index contributed by atoms with van der Waals surface area (Å²) in [7, 11) is 3.60. The number of rotatable bonds is 5. The number of benzene rings is 1. The Hall–Kier alpha value is -3.07. The maximum atomic E-state index is 8.92. The number of hydrogen-bond acceptors (Lipinski definition) is 5. The quantitative estimate of drug-likeness (QED) is 0.783. The summed E-state index contributed by atoms with van der Waals surface area (Å²) in [6.45, 7) is 0.749. The first-order valence-electron chi connectivity index (χ1n) is 7.30. The Morgan fingerprint density at radius 3 is 2.91 bits per heavy atom. The first-order chi connectivity index (χ1) is 11.2. The number of aromatic nitrogens is 3. The van der Waals surface area contributed by atoms with Gasteiger partial charge in [-0.3, -0.25) is 0 Å². The molecule has 23 heavy (non-hydrogen) atoms. The summed E-state index contributed by atoms with van der Waals surface area (Å²) >= 11 is 0. The maximum absolute atomic E-state index is 8.92. The molecule has 6 heteroatoms. The summed E-state index contributed by atoms with van der Waals surface area (Å²) in [6.07, 6.45) is 0.756. The monoisotopic (exact) mass is 307 g/mol. The zero-order valence-corrected chi connectivity index (χ0v) is 13.1. The average molecular weight is 307 g/mol. The summed E-state index contributed by atoms with van der Waals surface area (Å²) in [4.78, 5) is 14.2. The Balaban J connectivity index is 1.71. The van der Waals surface area contributed by atoms with Crippen molar-refractivity contribution in [2.24, 2.45) is 0 Å². The van der Waals surface area contributed by atoms with Crippen LogP contribution in [-0.4, -0.2) is 35.7 Å². The zero-order valence-electron chi connectivity index (χ0n) is 13.1. The Morgan fingerprint density at radius 2 is 2.13 bits per heavy atom. The summed E-state index contributed by atoms with van der Waals surface area (Å²) in [6, 6.07) is 13.3. The van der Waals surface area contributed by atoms with Gasteiger partial charge in [-0.1, -0.05) is 6.07 Å². The summed E-state index contributed by atoms with van der Waals surface area (Å²) in [5.41, 5.74) is 2.31. The van der Waals surface area contributed by atoms with Gasteiger partial charge in [0.15, 0.2) is 0 Å². The van der Waals surface area contributed by atoms with Crippen LogP contribution in [0.5, 0.6) is 5.75 Å². The van der Waals surface area contributed by atoms with Crippen LogP contribution in [-0.2, 0) is 6.42 Å². The summed E-state index contributed by atoms with van der Waals surface area (Å²) < 4.78 is 5.22. The third-order valence-electron chi connectivity index (χ3n) is 3.66. The van der Waals surface area contributed by atoms with E-state index in [0.29, 0.717) is 5.69 Å². The molecular weight excluding hydrogens is 290 g/mol. The van der Waals surface area contributed by atoms with Gasteiger partial charge in [-0.2, -0.15) is 5.26 Å². The van der Waals surface area contributed by atoms with Gasteiger partial charge in [-0.25, -0.2) is 9.97 Å². The van der Waals surface area contributed by atoms with Crippen LogP contribution in [0.1, 0.15) is 11.5 Å². The molecule has 1 aromatic carbocycles. The molecule has 1 N–H and O–H groups in total. The average Bonchev–Trinajstić information content (AvgIpc) is 3.01. The fourth-order valence-electron chi connectivity index (χ4n) is 2.37. The van der Waals surface area contributed by atoms with Crippen molar-refractivity contribution in [3.8, 4) is 11.8 Å². The lowest BCUT2D eigenvalue weighted by atomic mass is 10.3. The van der Waals surface area contributed by atoms with E-state index in [4.69, 9.17) is 10.00 Å². The van der Waals surface area contributed by atoms with E-state index >= 15 is 0 Å². The highest BCUT2D eigenvalue weighted by molar-refractivity contribution is 5.76. The molecular formula is C17H17N5O. The molecule has 0 radical (unpaired) electrons. The zero-order chi connectivity index (χ0) is 16.2. The lowest BCUT2D eigenvalue weighted by Gasteiger charge is -2.17. The van der Waals surface area contributed by atoms with Crippen LogP contribution in [0.4, 0.5) is 5.82 Å². The van der Waals surface area contributed by atoms with Gasteiger partial charge in [0.2, 0.25) is 0 Å². The second kappa shape index (κ2) is 6.36. The number of ether oxygens (including phenoxy) is 1. The highest BCUT2D eigenvalue weighted by atomic mass is 16.5. The number of pyridine rings is 1. The van der Waals surface area contributed by atoms with E-state index < -0.39 is 0 Å². The number of nitriles is 1.